The Hall–Kier alpha value is -0.570. The first-order valence-electron chi connectivity index (χ1n) is 5.29. The van der Waals surface area contributed by atoms with E-state index in [0.29, 0.717) is 12.3 Å². The Morgan fingerprint density at radius 3 is 2.92 bits per heavy atom. The predicted molar refractivity (Wildman–Crippen MR) is 51.3 cm³/mol. The molecule has 2 fully saturated rings. The van der Waals surface area contributed by atoms with E-state index in [1.807, 2.05) is 11.8 Å². The zero-order chi connectivity index (χ0) is 9.26. The van der Waals surface area contributed by atoms with Crippen molar-refractivity contribution in [2.24, 2.45) is 11.8 Å². The van der Waals surface area contributed by atoms with E-state index in [2.05, 4.69) is 5.32 Å². The zero-order valence-electron chi connectivity index (χ0n) is 8.25. The minimum absolute atomic E-state index is 0.328. The lowest BCUT2D eigenvalue weighted by Crippen LogP contribution is -2.35. The maximum Gasteiger partial charge on any atom is 0.222 e. The molecule has 0 saturated carbocycles. The van der Waals surface area contributed by atoms with Crippen LogP contribution in [-0.2, 0) is 4.79 Å². The van der Waals surface area contributed by atoms with Crippen molar-refractivity contribution in [3.05, 3.63) is 0 Å². The summed E-state index contributed by atoms with van der Waals surface area (Å²) in [6, 6.07) is 0. The Balaban J connectivity index is 1.94. The number of hydrogen-bond donors (Lipinski definition) is 1. The van der Waals surface area contributed by atoms with Crippen molar-refractivity contribution in [2.75, 3.05) is 26.2 Å². The summed E-state index contributed by atoms with van der Waals surface area (Å²) in [6.07, 6.45) is 1.91. The molecule has 2 aliphatic rings. The molecule has 2 unspecified atom stereocenters. The van der Waals surface area contributed by atoms with Gasteiger partial charge in [0.1, 0.15) is 0 Å². The lowest BCUT2D eigenvalue weighted by atomic mass is 9.90. The molecule has 2 saturated heterocycles. The van der Waals surface area contributed by atoms with Gasteiger partial charge < -0.3 is 10.2 Å². The van der Waals surface area contributed by atoms with Crippen LogP contribution in [0.3, 0.4) is 0 Å². The van der Waals surface area contributed by atoms with Gasteiger partial charge in [-0.25, -0.2) is 0 Å². The van der Waals surface area contributed by atoms with E-state index in [1.54, 1.807) is 0 Å². The van der Waals surface area contributed by atoms with Crippen LogP contribution >= 0.6 is 0 Å². The van der Waals surface area contributed by atoms with Crippen LogP contribution in [0.15, 0.2) is 0 Å². The number of fused-ring (bicyclic) bond motifs is 1. The standard InChI is InChI=1S/C10H18N2O/c1-2-10(13)12-6-8-3-4-11-5-9(8)7-12/h8-9,11H,2-7H2,1H3. The van der Waals surface area contributed by atoms with Crippen molar-refractivity contribution >= 4 is 5.91 Å². The van der Waals surface area contributed by atoms with Crippen LogP contribution in [0, 0.1) is 11.8 Å². The monoisotopic (exact) mass is 182 g/mol. The average molecular weight is 182 g/mol. The topological polar surface area (TPSA) is 32.3 Å². The molecule has 0 aromatic carbocycles. The third kappa shape index (κ3) is 1.70. The molecule has 0 aromatic rings. The summed E-state index contributed by atoms with van der Waals surface area (Å²) in [5, 5.41) is 3.40. The predicted octanol–water partition coefficient (Wildman–Crippen LogP) is 0.464. The maximum absolute atomic E-state index is 11.5. The first kappa shape index (κ1) is 9.00. The SMILES string of the molecule is CCC(=O)N1CC2CCNCC2C1. The third-order valence-electron chi connectivity index (χ3n) is 3.33. The number of rotatable bonds is 1. The van der Waals surface area contributed by atoms with E-state index in [1.165, 1.54) is 6.42 Å². The van der Waals surface area contributed by atoms with E-state index in [0.717, 1.165) is 38.0 Å². The zero-order valence-corrected chi connectivity index (χ0v) is 8.25. The van der Waals surface area contributed by atoms with Gasteiger partial charge in [0.05, 0.1) is 0 Å². The number of piperidine rings is 1. The largest absolute Gasteiger partial charge is 0.342 e. The molecule has 0 aromatic heterocycles. The lowest BCUT2D eigenvalue weighted by molar-refractivity contribution is -0.130. The van der Waals surface area contributed by atoms with Gasteiger partial charge in [-0.05, 0) is 31.3 Å². The van der Waals surface area contributed by atoms with Crippen LogP contribution in [-0.4, -0.2) is 37.0 Å². The Bertz CT molecular complexity index is 191. The number of amides is 1. The van der Waals surface area contributed by atoms with Crippen molar-refractivity contribution in [3.63, 3.8) is 0 Å². The highest BCUT2D eigenvalue weighted by Gasteiger charge is 2.35. The first-order valence-corrected chi connectivity index (χ1v) is 5.29. The molecular weight excluding hydrogens is 164 g/mol. The van der Waals surface area contributed by atoms with Gasteiger partial charge in [0.25, 0.3) is 0 Å². The third-order valence-corrected chi connectivity index (χ3v) is 3.33. The molecule has 0 bridgehead atoms. The summed E-state index contributed by atoms with van der Waals surface area (Å²) in [7, 11) is 0. The van der Waals surface area contributed by atoms with Gasteiger partial charge in [0, 0.05) is 19.5 Å². The van der Waals surface area contributed by atoms with Gasteiger partial charge in [0.2, 0.25) is 5.91 Å². The van der Waals surface area contributed by atoms with E-state index in [4.69, 9.17) is 0 Å². The molecule has 1 N–H and O–H groups in total. The molecule has 2 heterocycles. The Kier molecular flexibility index (Phi) is 2.54. The van der Waals surface area contributed by atoms with Crippen LogP contribution in [0.25, 0.3) is 0 Å². The summed E-state index contributed by atoms with van der Waals surface area (Å²) in [6.45, 7) is 6.19. The van der Waals surface area contributed by atoms with E-state index in [-0.39, 0.29) is 0 Å². The quantitative estimate of drug-likeness (QED) is 0.639. The molecule has 13 heavy (non-hydrogen) atoms. The van der Waals surface area contributed by atoms with Crippen LogP contribution in [0.2, 0.25) is 0 Å². The van der Waals surface area contributed by atoms with Gasteiger partial charge in [-0.1, -0.05) is 6.92 Å². The fraction of sp³-hybridized carbons (Fsp3) is 0.900. The molecule has 2 atom stereocenters. The molecule has 1 amide bonds. The molecule has 0 spiro atoms. The molecular formula is C10H18N2O. The van der Waals surface area contributed by atoms with Crippen LogP contribution < -0.4 is 5.32 Å². The van der Waals surface area contributed by atoms with E-state index in [9.17, 15) is 4.79 Å². The number of likely N-dealkylation sites (tertiary alicyclic amines) is 1. The fourth-order valence-electron chi connectivity index (χ4n) is 2.50. The minimum Gasteiger partial charge on any atom is -0.342 e. The lowest BCUT2D eigenvalue weighted by Gasteiger charge is -2.23. The molecule has 3 heteroatoms. The summed E-state index contributed by atoms with van der Waals surface area (Å²) in [4.78, 5) is 13.5. The second kappa shape index (κ2) is 3.66. The Morgan fingerprint density at radius 2 is 2.23 bits per heavy atom. The maximum atomic E-state index is 11.5. The summed E-state index contributed by atoms with van der Waals surface area (Å²) >= 11 is 0. The average Bonchev–Trinajstić information content (AvgIpc) is 2.59. The summed E-state index contributed by atoms with van der Waals surface area (Å²) in [5.41, 5.74) is 0. The normalized spacial score (nSPS) is 33.2. The Morgan fingerprint density at radius 1 is 1.46 bits per heavy atom. The second-order valence-electron chi connectivity index (χ2n) is 4.17. The second-order valence-corrected chi connectivity index (χ2v) is 4.17. The van der Waals surface area contributed by atoms with Gasteiger partial charge in [-0.2, -0.15) is 0 Å². The van der Waals surface area contributed by atoms with Crippen molar-refractivity contribution in [1.29, 1.82) is 0 Å². The van der Waals surface area contributed by atoms with Crippen molar-refractivity contribution in [1.82, 2.24) is 10.2 Å². The highest BCUT2D eigenvalue weighted by molar-refractivity contribution is 5.76. The van der Waals surface area contributed by atoms with Crippen LogP contribution in [0.1, 0.15) is 19.8 Å². The highest BCUT2D eigenvalue weighted by Crippen LogP contribution is 2.28. The van der Waals surface area contributed by atoms with Gasteiger partial charge >= 0.3 is 0 Å². The van der Waals surface area contributed by atoms with Crippen molar-refractivity contribution in [3.8, 4) is 0 Å². The minimum atomic E-state index is 0.328. The molecule has 0 aliphatic carbocycles. The smallest absolute Gasteiger partial charge is 0.222 e. The van der Waals surface area contributed by atoms with E-state index >= 15 is 0 Å². The fourth-order valence-corrected chi connectivity index (χ4v) is 2.50. The number of hydrogen-bond acceptors (Lipinski definition) is 2. The number of carbonyl (C=O) groups excluding carboxylic acids is 1. The molecule has 74 valence electrons. The van der Waals surface area contributed by atoms with Gasteiger partial charge in [0.15, 0.2) is 0 Å². The molecule has 2 rings (SSSR count). The molecule has 3 nitrogen and oxygen atoms in total. The summed E-state index contributed by atoms with van der Waals surface area (Å²) < 4.78 is 0. The Labute approximate surface area is 79.5 Å². The number of carbonyl (C=O) groups is 1. The first-order chi connectivity index (χ1) is 6.31. The van der Waals surface area contributed by atoms with Gasteiger partial charge in [-0.3, -0.25) is 4.79 Å². The van der Waals surface area contributed by atoms with Gasteiger partial charge in [-0.15, -0.1) is 0 Å². The van der Waals surface area contributed by atoms with Crippen molar-refractivity contribution < 1.29 is 4.79 Å². The molecule has 2 aliphatic heterocycles. The molecule has 0 radical (unpaired) electrons. The highest BCUT2D eigenvalue weighted by atomic mass is 16.2. The number of nitrogens with zero attached hydrogens (tertiary/aromatic N) is 1. The van der Waals surface area contributed by atoms with Crippen LogP contribution in [0.5, 0.6) is 0 Å². The van der Waals surface area contributed by atoms with E-state index < -0.39 is 0 Å². The van der Waals surface area contributed by atoms with Crippen molar-refractivity contribution in [2.45, 2.75) is 19.8 Å². The van der Waals surface area contributed by atoms with Crippen LogP contribution in [0.4, 0.5) is 0 Å². The number of nitrogens with one attached hydrogen (secondary N) is 1. The summed E-state index contributed by atoms with van der Waals surface area (Å²) in [5.74, 6) is 1.83.